The molecule has 1 amide bonds. The summed E-state index contributed by atoms with van der Waals surface area (Å²) >= 11 is 0. The molecule has 1 aliphatic rings. The van der Waals surface area contributed by atoms with Crippen molar-refractivity contribution < 1.29 is 14.3 Å². The van der Waals surface area contributed by atoms with Gasteiger partial charge in [-0.3, -0.25) is 4.79 Å². The average molecular weight is 381 g/mol. The van der Waals surface area contributed by atoms with Gasteiger partial charge in [0, 0.05) is 17.3 Å². The molecule has 1 aliphatic carbocycles. The number of amides is 1. The molecule has 1 aromatic heterocycles. The summed E-state index contributed by atoms with van der Waals surface area (Å²) in [6.07, 6.45) is 4.63. The summed E-state index contributed by atoms with van der Waals surface area (Å²) in [6.45, 7) is 5.96. The quantitative estimate of drug-likeness (QED) is 0.779. The van der Waals surface area contributed by atoms with Gasteiger partial charge in [-0.1, -0.05) is 24.6 Å². The van der Waals surface area contributed by atoms with E-state index in [4.69, 9.17) is 4.74 Å². The van der Waals surface area contributed by atoms with E-state index >= 15 is 0 Å². The Morgan fingerprint density at radius 1 is 1.21 bits per heavy atom. The molecule has 6 nitrogen and oxygen atoms in total. The van der Waals surface area contributed by atoms with Crippen LogP contribution in [0.3, 0.4) is 0 Å². The second-order valence-electron chi connectivity index (χ2n) is 7.40. The van der Waals surface area contributed by atoms with E-state index in [1.807, 2.05) is 36.9 Å². The molecular weight excluding hydrogens is 354 g/mol. The number of benzene rings is 1. The highest BCUT2D eigenvalue weighted by atomic mass is 16.5. The smallest absolute Gasteiger partial charge is 0.335 e. The fourth-order valence-electron chi connectivity index (χ4n) is 3.51. The molecule has 1 atom stereocenters. The Morgan fingerprint density at radius 3 is 2.61 bits per heavy atom. The van der Waals surface area contributed by atoms with Crippen LogP contribution in [0.5, 0.6) is 0 Å². The second-order valence-corrected chi connectivity index (χ2v) is 7.40. The largest absolute Gasteiger partial charge is 0.466 e. The number of methoxy groups -OCH3 is 1. The molecule has 148 valence electrons. The number of carbonyl (C=O) groups excluding carboxylic acids is 2. The van der Waals surface area contributed by atoms with Crippen LogP contribution in [0.25, 0.3) is 5.69 Å². The van der Waals surface area contributed by atoms with E-state index in [9.17, 15) is 9.59 Å². The number of rotatable bonds is 6. The van der Waals surface area contributed by atoms with Gasteiger partial charge in [-0.25, -0.2) is 9.48 Å². The Bertz CT molecular complexity index is 910. The van der Waals surface area contributed by atoms with Crippen molar-refractivity contribution in [3.63, 3.8) is 0 Å². The summed E-state index contributed by atoms with van der Waals surface area (Å²) in [7, 11) is 1.37. The van der Waals surface area contributed by atoms with Gasteiger partial charge in [0.05, 0.1) is 24.6 Å². The lowest BCUT2D eigenvalue weighted by Crippen LogP contribution is -2.30. The van der Waals surface area contributed by atoms with Crippen LogP contribution in [-0.4, -0.2) is 28.8 Å². The topological polar surface area (TPSA) is 73.2 Å². The number of carbonyl (C=O) groups is 2. The number of hydrogen-bond donors (Lipinski definition) is 1. The summed E-state index contributed by atoms with van der Waals surface area (Å²) in [5, 5.41) is 7.43. The van der Waals surface area contributed by atoms with Crippen LogP contribution < -0.4 is 5.32 Å². The summed E-state index contributed by atoms with van der Waals surface area (Å²) in [6, 6.07) is 8.19. The van der Waals surface area contributed by atoms with Crippen LogP contribution in [-0.2, 0) is 20.7 Å². The Hall–Kier alpha value is -2.89. The molecule has 0 saturated heterocycles. The fraction of sp³-hybridized carbons (Fsp3) is 0.409. The first-order valence-electron chi connectivity index (χ1n) is 9.62. The molecule has 28 heavy (non-hydrogen) atoms. The minimum absolute atomic E-state index is 0.0826. The molecule has 0 bridgehead atoms. The van der Waals surface area contributed by atoms with Gasteiger partial charge in [-0.15, -0.1) is 0 Å². The number of nitrogens with zero attached hydrogens (tertiary/aromatic N) is 2. The van der Waals surface area contributed by atoms with E-state index in [0.717, 1.165) is 23.4 Å². The number of aromatic nitrogens is 2. The Morgan fingerprint density at radius 2 is 1.93 bits per heavy atom. The number of nitrogens with one attached hydrogen (secondary N) is 1. The summed E-state index contributed by atoms with van der Waals surface area (Å²) in [5.41, 5.74) is 5.56. The highest BCUT2D eigenvalue weighted by Crippen LogP contribution is 2.25. The van der Waals surface area contributed by atoms with E-state index in [1.54, 1.807) is 0 Å². The minimum atomic E-state index is -0.351. The van der Waals surface area contributed by atoms with E-state index < -0.39 is 0 Å². The Kier molecular flexibility index (Phi) is 5.97. The van der Waals surface area contributed by atoms with Gasteiger partial charge in [0.15, 0.2) is 0 Å². The highest BCUT2D eigenvalue weighted by Gasteiger charge is 2.25. The number of esters is 1. The molecule has 3 rings (SSSR count). The Labute approximate surface area is 165 Å². The van der Waals surface area contributed by atoms with Gasteiger partial charge in [-0.2, -0.15) is 5.10 Å². The second kappa shape index (κ2) is 8.42. The molecule has 0 radical (unpaired) electrons. The van der Waals surface area contributed by atoms with Crippen LogP contribution in [0, 0.1) is 19.8 Å². The molecule has 1 N–H and O–H groups in total. The lowest BCUT2D eigenvalue weighted by molar-refractivity contribution is -0.136. The zero-order valence-electron chi connectivity index (χ0n) is 16.9. The van der Waals surface area contributed by atoms with Crippen molar-refractivity contribution in [3.8, 4) is 5.69 Å². The van der Waals surface area contributed by atoms with E-state index in [1.165, 1.54) is 12.7 Å². The van der Waals surface area contributed by atoms with Crippen molar-refractivity contribution in [2.45, 2.75) is 46.5 Å². The van der Waals surface area contributed by atoms with Crippen molar-refractivity contribution in [1.29, 1.82) is 0 Å². The number of allylic oxidation sites excluding steroid dienone is 1. The van der Waals surface area contributed by atoms with Gasteiger partial charge in [-0.05, 0) is 57.2 Å². The third-order valence-corrected chi connectivity index (χ3v) is 5.29. The minimum Gasteiger partial charge on any atom is -0.466 e. The zero-order chi connectivity index (χ0) is 20.3. The van der Waals surface area contributed by atoms with Crippen molar-refractivity contribution in [2.24, 2.45) is 5.92 Å². The first-order chi connectivity index (χ1) is 13.4. The van der Waals surface area contributed by atoms with Crippen molar-refractivity contribution >= 4 is 11.9 Å². The van der Waals surface area contributed by atoms with E-state index in [2.05, 4.69) is 29.5 Å². The van der Waals surface area contributed by atoms with Crippen LogP contribution in [0.15, 0.2) is 41.7 Å². The molecular formula is C22H27N3O3. The molecule has 6 heteroatoms. The summed E-state index contributed by atoms with van der Waals surface area (Å²) in [4.78, 5) is 24.5. The van der Waals surface area contributed by atoms with Gasteiger partial charge >= 0.3 is 5.97 Å². The standard InChI is InChI=1S/C22H27N3O3/c1-14-8-10-18(11-9-14)25-16(3)17(13-23-25)12-15(2)21(26)24-20-7-5-6-19(20)22(27)28-4/h8-11,13,15H,5-7,12H2,1-4H3,(H,24,26)/t15-/m1/s1. The molecule has 0 spiro atoms. The number of aryl methyl sites for hydroxylation is 1. The number of hydrogen-bond acceptors (Lipinski definition) is 4. The van der Waals surface area contributed by atoms with E-state index in [-0.39, 0.29) is 17.8 Å². The fourth-order valence-corrected chi connectivity index (χ4v) is 3.51. The maximum atomic E-state index is 12.7. The average Bonchev–Trinajstić information content (AvgIpc) is 3.29. The molecule has 1 heterocycles. The monoisotopic (exact) mass is 381 g/mol. The van der Waals surface area contributed by atoms with Crippen LogP contribution in [0.4, 0.5) is 0 Å². The van der Waals surface area contributed by atoms with Gasteiger partial charge in [0.2, 0.25) is 5.91 Å². The van der Waals surface area contributed by atoms with Crippen LogP contribution in [0.1, 0.15) is 43.0 Å². The normalized spacial score (nSPS) is 14.9. The third-order valence-electron chi connectivity index (χ3n) is 5.29. The first-order valence-corrected chi connectivity index (χ1v) is 9.62. The maximum Gasteiger partial charge on any atom is 0.335 e. The van der Waals surface area contributed by atoms with Crippen molar-refractivity contribution in [1.82, 2.24) is 15.1 Å². The summed E-state index contributed by atoms with van der Waals surface area (Å²) < 4.78 is 6.71. The first kappa shape index (κ1) is 19.9. The molecule has 0 unspecified atom stereocenters. The Balaban J connectivity index is 1.69. The maximum absolute atomic E-state index is 12.7. The van der Waals surface area contributed by atoms with Gasteiger partial charge in [0.1, 0.15) is 0 Å². The molecule has 0 fully saturated rings. The van der Waals surface area contributed by atoms with Crippen LogP contribution >= 0.6 is 0 Å². The zero-order valence-corrected chi connectivity index (χ0v) is 16.9. The number of ether oxygens (including phenoxy) is 1. The molecule has 1 aromatic carbocycles. The SMILES string of the molecule is COC(=O)C1=C(NC(=O)[C@H](C)Cc2cnn(-c3ccc(C)cc3)c2C)CCC1. The summed E-state index contributed by atoms with van der Waals surface area (Å²) in [5.74, 6) is -0.669. The highest BCUT2D eigenvalue weighted by molar-refractivity contribution is 5.91. The molecule has 0 saturated carbocycles. The van der Waals surface area contributed by atoms with Crippen molar-refractivity contribution in [3.05, 3.63) is 58.6 Å². The lowest BCUT2D eigenvalue weighted by atomic mass is 10.0. The van der Waals surface area contributed by atoms with Crippen LogP contribution in [0.2, 0.25) is 0 Å². The third kappa shape index (κ3) is 4.16. The molecule has 2 aromatic rings. The van der Waals surface area contributed by atoms with Gasteiger partial charge in [0.25, 0.3) is 0 Å². The molecule has 0 aliphatic heterocycles. The lowest BCUT2D eigenvalue weighted by Gasteiger charge is -2.14. The van der Waals surface area contributed by atoms with Crippen molar-refractivity contribution in [2.75, 3.05) is 7.11 Å². The predicted octanol–water partition coefficient (Wildman–Crippen LogP) is 3.39. The van der Waals surface area contributed by atoms with Gasteiger partial charge < -0.3 is 10.1 Å². The predicted molar refractivity (Wildman–Crippen MR) is 107 cm³/mol. The van der Waals surface area contributed by atoms with E-state index in [0.29, 0.717) is 30.5 Å².